The van der Waals surface area contributed by atoms with Crippen molar-refractivity contribution in [3.63, 3.8) is 0 Å². The number of esters is 1. The summed E-state index contributed by atoms with van der Waals surface area (Å²) in [6.07, 6.45) is 0.199. The Kier molecular flexibility index (Phi) is 2.56. The Morgan fingerprint density at radius 1 is 1.39 bits per heavy atom. The molecule has 0 bridgehead atoms. The number of thioether (sulfide) groups is 1. The molecule has 0 saturated carbocycles. The van der Waals surface area contributed by atoms with Gasteiger partial charge in [0.1, 0.15) is 16.6 Å². The minimum Gasteiger partial charge on any atom is -0.433 e. The molecule has 2 aliphatic heterocycles. The van der Waals surface area contributed by atoms with E-state index in [1.807, 2.05) is 0 Å². The van der Waals surface area contributed by atoms with Gasteiger partial charge in [0.2, 0.25) is 0 Å². The largest absolute Gasteiger partial charge is 0.433 e. The second kappa shape index (κ2) is 3.99. The molecule has 0 amide bonds. The molecule has 0 spiro atoms. The SMILES string of the molecule is O=C1Cc2cc(OC3=NS(=O)(=O)CS3)ccc2O1. The second-order valence-corrected chi connectivity index (χ2v) is 6.65. The van der Waals surface area contributed by atoms with Gasteiger partial charge in [0, 0.05) is 5.56 Å². The smallest absolute Gasteiger partial charge is 0.315 e. The van der Waals surface area contributed by atoms with E-state index in [4.69, 9.17) is 9.47 Å². The standard InChI is InChI=1S/C10H7NO5S2/c12-9-4-6-3-7(1-2-8(6)16-9)15-10-11-18(13,14)5-17-10/h1-3H,4-5H2. The van der Waals surface area contributed by atoms with Gasteiger partial charge < -0.3 is 9.47 Å². The van der Waals surface area contributed by atoms with Gasteiger partial charge in [-0.2, -0.15) is 0 Å². The maximum Gasteiger partial charge on any atom is 0.315 e. The summed E-state index contributed by atoms with van der Waals surface area (Å²) in [6.45, 7) is 0. The highest BCUT2D eigenvalue weighted by Gasteiger charge is 2.24. The summed E-state index contributed by atoms with van der Waals surface area (Å²) in [5.41, 5.74) is 0.726. The molecule has 18 heavy (non-hydrogen) atoms. The molecule has 0 N–H and O–H groups in total. The van der Waals surface area contributed by atoms with E-state index in [1.54, 1.807) is 18.2 Å². The van der Waals surface area contributed by atoms with E-state index in [2.05, 4.69) is 4.40 Å². The topological polar surface area (TPSA) is 82.0 Å². The summed E-state index contributed by atoms with van der Waals surface area (Å²) < 4.78 is 35.9. The zero-order chi connectivity index (χ0) is 12.8. The fourth-order valence-electron chi connectivity index (χ4n) is 1.61. The summed E-state index contributed by atoms with van der Waals surface area (Å²) in [7, 11) is -3.39. The molecule has 0 radical (unpaired) electrons. The quantitative estimate of drug-likeness (QED) is 0.563. The van der Waals surface area contributed by atoms with Gasteiger partial charge in [-0.1, -0.05) is 0 Å². The third-order valence-corrected chi connectivity index (χ3v) is 4.98. The Morgan fingerprint density at radius 3 is 2.94 bits per heavy atom. The normalized spacial score (nSPS) is 20.2. The molecule has 6 nitrogen and oxygen atoms in total. The summed E-state index contributed by atoms with van der Waals surface area (Å²) >= 11 is 1.02. The molecule has 2 aliphatic rings. The maximum absolute atomic E-state index is 11.1. The van der Waals surface area contributed by atoms with E-state index in [9.17, 15) is 13.2 Å². The predicted molar refractivity (Wildman–Crippen MR) is 65.2 cm³/mol. The number of sulfonamides is 1. The monoisotopic (exact) mass is 285 g/mol. The average Bonchev–Trinajstić information content (AvgIpc) is 2.80. The molecule has 2 heterocycles. The minimum absolute atomic E-state index is 0.0974. The van der Waals surface area contributed by atoms with E-state index in [-0.39, 0.29) is 22.7 Å². The minimum atomic E-state index is -3.39. The highest BCUT2D eigenvalue weighted by Crippen LogP contribution is 2.31. The van der Waals surface area contributed by atoms with Crippen LogP contribution in [-0.2, 0) is 21.2 Å². The number of nitrogens with zero attached hydrogens (tertiary/aromatic N) is 1. The lowest BCUT2D eigenvalue weighted by molar-refractivity contribution is -0.131. The van der Waals surface area contributed by atoms with Crippen molar-refractivity contribution in [2.24, 2.45) is 4.40 Å². The summed E-state index contributed by atoms with van der Waals surface area (Å²) in [6, 6.07) is 4.87. The van der Waals surface area contributed by atoms with Crippen LogP contribution in [0.5, 0.6) is 11.5 Å². The van der Waals surface area contributed by atoms with Crippen LogP contribution in [0.3, 0.4) is 0 Å². The highest BCUT2D eigenvalue weighted by atomic mass is 32.3. The van der Waals surface area contributed by atoms with Crippen molar-refractivity contribution in [2.75, 3.05) is 5.08 Å². The van der Waals surface area contributed by atoms with Crippen molar-refractivity contribution in [1.29, 1.82) is 0 Å². The number of rotatable bonds is 1. The molecule has 1 aromatic carbocycles. The van der Waals surface area contributed by atoms with Crippen LogP contribution in [0.4, 0.5) is 0 Å². The number of fused-ring (bicyclic) bond motifs is 1. The molecule has 0 aromatic heterocycles. The van der Waals surface area contributed by atoms with Crippen LogP contribution in [0.15, 0.2) is 22.6 Å². The van der Waals surface area contributed by atoms with E-state index >= 15 is 0 Å². The number of benzene rings is 1. The Bertz CT molecular complexity index is 665. The number of hydrogen-bond donors (Lipinski definition) is 0. The van der Waals surface area contributed by atoms with Crippen LogP contribution in [0.25, 0.3) is 0 Å². The van der Waals surface area contributed by atoms with Crippen LogP contribution in [0.1, 0.15) is 5.56 Å². The molecular weight excluding hydrogens is 278 g/mol. The number of hydrogen-bond acceptors (Lipinski definition) is 6. The van der Waals surface area contributed by atoms with Gasteiger partial charge in [-0.25, -0.2) is 8.42 Å². The number of ether oxygens (including phenoxy) is 2. The number of carbonyl (C=O) groups is 1. The first-order valence-electron chi connectivity index (χ1n) is 4.99. The van der Waals surface area contributed by atoms with Crippen molar-refractivity contribution in [2.45, 2.75) is 6.42 Å². The maximum atomic E-state index is 11.1. The summed E-state index contributed by atoms with van der Waals surface area (Å²) in [4.78, 5) is 11.1. The third-order valence-electron chi connectivity index (χ3n) is 2.34. The van der Waals surface area contributed by atoms with Gasteiger partial charge in [-0.15, -0.1) is 4.40 Å². The van der Waals surface area contributed by atoms with Crippen LogP contribution < -0.4 is 9.47 Å². The zero-order valence-corrected chi connectivity index (χ0v) is 10.6. The average molecular weight is 285 g/mol. The molecule has 0 unspecified atom stereocenters. The van der Waals surface area contributed by atoms with Crippen molar-refractivity contribution in [3.8, 4) is 11.5 Å². The van der Waals surface area contributed by atoms with E-state index in [1.165, 1.54) is 0 Å². The van der Waals surface area contributed by atoms with E-state index in [0.29, 0.717) is 11.5 Å². The Hall–Kier alpha value is -1.54. The van der Waals surface area contributed by atoms with E-state index < -0.39 is 10.0 Å². The first kappa shape index (κ1) is 11.5. The van der Waals surface area contributed by atoms with Crippen molar-refractivity contribution >= 4 is 33.0 Å². The summed E-state index contributed by atoms with van der Waals surface area (Å²) in [5, 5.41) is -0.00491. The molecule has 0 aliphatic carbocycles. The first-order valence-corrected chi connectivity index (χ1v) is 7.58. The predicted octanol–water partition coefficient (Wildman–Crippen LogP) is 0.917. The van der Waals surface area contributed by atoms with E-state index in [0.717, 1.165) is 17.3 Å². The van der Waals surface area contributed by atoms with Gasteiger partial charge in [0.05, 0.1) is 6.42 Å². The van der Waals surface area contributed by atoms with Gasteiger partial charge >= 0.3 is 5.97 Å². The Morgan fingerprint density at radius 2 is 2.22 bits per heavy atom. The van der Waals surface area contributed by atoms with Gasteiger partial charge in [0.25, 0.3) is 15.3 Å². The van der Waals surface area contributed by atoms with Crippen molar-refractivity contribution in [3.05, 3.63) is 23.8 Å². The molecule has 0 saturated heterocycles. The molecular formula is C10H7NO5S2. The van der Waals surface area contributed by atoms with Crippen molar-refractivity contribution in [1.82, 2.24) is 0 Å². The van der Waals surface area contributed by atoms with Gasteiger partial charge in [-0.05, 0) is 30.0 Å². The lowest BCUT2D eigenvalue weighted by Crippen LogP contribution is -2.00. The molecule has 3 rings (SSSR count). The molecule has 0 atom stereocenters. The van der Waals surface area contributed by atoms with Crippen LogP contribution in [-0.4, -0.2) is 24.7 Å². The van der Waals surface area contributed by atoms with Crippen LogP contribution in [0, 0.1) is 0 Å². The Labute approximate surface area is 107 Å². The fraction of sp³-hybridized carbons (Fsp3) is 0.200. The van der Waals surface area contributed by atoms with Crippen LogP contribution in [0.2, 0.25) is 0 Å². The second-order valence-electron chi connectivity index (χ2n) is 3.72. The third kappa shape index (κ3) is 2.21. The molecule has 1 aromatic rings. The molecule has 0 fully saturated rings. The Balaban J connectivity index is 1.83. The van der Waals surface area contributed by atoms with Crippen LogP contribution >= 0.6 is 11.8 Å². The molecule has 8 heteroatoms. The van der Waals surface area contributed by atoms with Gasteiger partial charge in [0.15, 0.2) is 0 Å². The zero-order valence-electron chi connectivity index (χ0n) is 8.95. The van der Waals surface area contributed by atoms with Gasteiger partial charge in [-0.3, -0.25) is 4.79 Å². The summed E-state index contributed by atoms with van der Waals surface area (Å²) in [5.74, 6) is 0.647. The molecule has 94 valence electrons. The van der Waals surface area contributed by atoms with Crippen molar-refractivity contribution < 1.29 is 22.7 Å². The number of carbonyl (C=O) groups excluding carboxylic acids is 1. The lowest BCUT2D eigenvalue weighted by Gasteiger charge is -2.04. The fourth-order valence-corrected chi connectivity index (χ4v) is 3.79. The first-order chi connectivity index (χ1) is 8.52. The lowest BCUT2D eigenvalue weighted by atomic mass is 10.1. The highest BCUT2D eigenvalue weighted by molar-refractivity contribution is 8.24.